The summed E-state index contributed by atoms with van der Waals surface area (Å²) in [5, 5.41) is 3.79. The van der Waals surface area contributed by atoms with Gasteiger partial charge in [0.15, 0.2) is 5.82 Å². The average molecular weight is 168 g/mol. The first-order valence-electron chi connectivity index (χ1n) is 3.94. The van der Waals surface area contributed by atoms with E-state index in [0.717, 1.165) is 31.7 Å². The predicted octanol–water partition coefficient (Wildman–Crippen LogP) is 1.10. The summed E-state index contributed by atoms with van der Waals surface area (Å²) in [6.45, 7) is 0. The molecule has 0 aromatic carbocycles. The smallest absolute Gasteiger partial charge is 0.161 e. The van der Waals surface area contributed by atoms with Crippen LogP contribution in [-0.4, -0.2) is 16.1 Å². The van der Waals surface area contributed by atoms with E-state index in [9.17, 15) is 9.18 Å². The van der Waals surface area contributed by atoms with Crippen LogP contribution in [0.1, 0.15) is 19.3 Å². The van der Waals surface area contributed by atoms with Crippen LogP contribution < -0.4 is 0 Å². The normalized spacial score (nSPS) is 20.1. The second-order valence-corrected chi connectivity index (χ2v) is 3.18. The zero-order valence-corrected chi connectivity index (χ0v) is 6.53. The van der Waals surface area contributed by atoms with E-state index in [0.29, 0.717) is 0 Å². The van der Waals surface area contributed by atoms with E-state index in [1.54, 1.807) is 0 Å². The summed E-state index contributed by atoms with van der Waals surface area (Å²) in [5.74, 6) is -0.386. The van der Waals surface area contributed by atoms with Crippen molar-refractivity contribution < 1.29 is 9.18 Å². The van der Waals surface area contributed by atoms with Crippen molar-refractivity contribution in [1.29, 1.82) is 0 Å². The van der Waals surface area contributed by atoms with Crippen molar-refractivity contribution in [3.8, 4) is 0 Å². The summed E-state index contributed by atoms with van der Waals surface area (Å²) in [4.78, 5) is 10.7. The van der Waals surface area contributed by atoms with Crippen molar-refractivity contribution in [2.24, 2.45) is 0 Å². The first-order valence-corrected chi connectivity index (χ1v) is 3.94. The molecule has 1 fully saturated rings. The molecule has 2 rings (SSSR count). The van der Waals surface area contributed by atoms with Crippen molar-refractivity contribution in [1.82, 2.24) is 9.78 Å². The van der Waals surface area contributed by atoms with Gasteiger partial charge in [-0.1, -0.05) is 0 Å². The third-order valence-electron chi connectivity index (χ3n) is 2.45. The van der Waals surface area contributed by atoms with Gasteiger partial charge >= 0.3 is 0 Å². The molecule has 0 saturated heterocycles. The molecule has 1 aromatic heterocycles. The van der Waals surface area contributed by atoms with Gasteiger partial charge in [0.05, 0.1) is 12.4 Å². The lowest BCUT2D eigenvalue weighted by atomic mass is 9.78. The van der Waals surface area contributed by atoms with Crippen molar-refractivity contribution in [2.45, 2.75) is 24.8 Å². The van der Waals surface area contributed by atoms with Crippen LogP contribution in [0.3, 0.4) is 0 Å². The molecule has 1 aromatic rings. The molecule has 1 aliphatic rings. The van der Waals surface area contributed by atoms with Gasteiger partial charge in [-0.15, -0.1) is 0 Å². The summed E-state index contributed by atoms with van der Waals surface area (Å²) in [7, 11) is 0. The molecule has 0 aliphatic heterocycles. The highest BCUT2D eigenvalue weighted by molar-refractivity contribution is 5.63. The van der Waals surface area contributed by atoms with E-state index in [1.165, 1.54) is 10.9 Å². The molecule has 0 N–H and O–H groups in total. The van der Waals surface area contributed by atoms with Gasteiger partial charge in [-0.25, -0.2) is 4.39 Å². The first kappa shape index (κ1) is 7.46. The molecule has 0 atom stereocenters. The largest absolute Gasteiger partial charge is 0.301 e. The molecule has 0 radical (unpaired) electrons. The Hall–Kier alpha value is -1.19. The van der Waals surface area contributed by atoms with Crippen molar-refractivity contribution in [2.75, 3.05) is 0 Å². The Kier molecular flexibility index (Phi) is 1.49. The molecule has 3 nitrogen and oxygen atoms in total. The second-order valence-electron chi connectivity index (χ2n) is 3.18. The topological polar surface area (TPSA) is 34.9 Å². The zero-order valence-electron chi connectivity index (χ0n) is 6.53. The Morgan fingerprint density at radius 3 is 2.75 bits per heavy atom. The molecule has 0 spiro atoms. The third-order valence-corrected chi connectivity index (χ3v) is 2.45. The monoisotopic (exact) mass is 168 g/mol. The summed E-state index contributed by atoms with van der Waals surface area (Å²) >= 11 is 0. The van der Waals surface area contributed by atoms with Crippen LogP contribution in [-0.2, 0) is 10.3 Å². The van der Waals surface area contributed by atoms with Gasteiger partial charge in [0, 0.05) is 0 Å². The maximum absolute atomic E-state index is 12.6. The third kappa shape index (κ3) is 0.873. The first-order chi connectivity index (χ1) is 5.77. The maximum atomic E-state index is 12.6. The predicted molar refractivity (Wildman–Crippen MR) is 40.1 cm³/mol. The van der Waals surface area contributed by atoms with Crippen LogP contribution >= 0.6 is 0 Å². The van der Waals surface area contributed by atoms with Crippen molar-refractivity contribution >= 4 is 6.29 Å². The summed E-state index contributed by atoms with van der Waals surface area (Å²) in [5.41, 5.74) is -0.537. The van der Waals surface area contributed by atoms with E-state index in [1.807, 2.05) is 0 Å². The average Bonchev–Trinajstić information content (AvgIpc) is 2.35. The van der Waals surface area contributed by atoms with Gasteiger partial charge in [0.2, 0.25) is 0 Å². The SMILES string of the molecule is O=CC1(n2cc(F)cn2)CCC1. The van der Waals surface area contributed by atoms with Crippen molar-refractivity contribution in [3.63, 3.8) is 0 Å². The number of carbonyl (C=O) groups excluding carboxylic acids is 1. The minimum atomic E-state index is -0.537. The highest BCUT2D eigenvalue weighted by atomic mass is 19.1. The summed E-state index contributed by atoms with van der Waals surface area (Å²) < 4.78 is 14.0. The van der Waals surface area contributed by atoms with Crippen LogP contribution in [0.4, 0.5) is 4.39 Å². The minimum absolute atomic E-state index is 0.386. The van der Waals surface area contributed by atoms with Crippen LogP contribution in [0.2, 0.25) is 0 Å². The van der Waals surface area contributed by atoms with Gasteiger partial charge in [-0.05, 0) is 19.3 Å². The highest BCUT2D eigenvalue weighted by Crippen LogP contribution is 2.36. The Bertz CT molecular complexity index is 304. The molecule has 1 heterocycles. The van der Waals surface area contributed by atoms with Crippen LogP contribution in [0.5, 0.6) is 0 Å². The van der Waals surface area contributed by atoms with Gasteiger partial charge in [-0.3, -0.25) is 4.68 Å². The number of halogens is 1. The number of aldehydes is 1. The molecular weight excluding hydrogens is 159 g/mol. The number of rotatable bonds is 2. The number of aromatic nitrogens is 2. The number of nitrogens with zero attached hydrogens (tertiary/aromatic N) is 2. The highest BCUT2D eigenvalue weighted by Gasteiger charge is 2.39. The number of carbonyl (C=O) groups is 1. The Morgan fingerprint density at radius 1 is 1.67 bits per heavy atom. The fourth-order valence-corrected chi connectivity index (χ4v) is 1.48. The van der Waals surface area contributed by atoms with Gasteiger partial charge in [0.1, 0.15) is 11.8 Å². The second kappa shape index (κ2) is 2.40. The van der Waals surface area contributed by atoms with E-state index in [4.69, 9.17) is 0 Å². The fourth-order valence-electron chi connectivity index (χ4n) is 1.48. The molecule has 12 heavy (non-hydrogen) atoms. The van der Waals surface area contributed by atoms with Crippen molar-refractivity contribution in [3.05, 3.63) is 18.2 Å². The van der Waals surface area contributed by atoms with E-state index >= 15 is 0 Å². The van der Waals surface area contributed by atoms with Crippen LogP contribution in [0.25, 0.3) is 0 Å². The fraction of sp³-hybridized carbons (Fsp3) is 0.500. The van der Waals surface area contributed by atoms with E-state index in [-0.39, 0.29) is 5.82 Å². The molecule has 0 bridgehead atoms. The van der Waals surface area contributed by atoms with Crippen LogP contribution in [0, 0.1) is 5.82 Å². The van der Waals surface area contributed by atoms with Gasteiger partial charge in [0.25, 0.3) is 0 Å². The maximum Gasteiger partial charge on any atom is 0.161 e. The summed E-state index contributed by atoms with van der Waals surface area (Å²) in [6.07, 6.45) is 5.83. The van der Waals surface area contributed by atoms with Crippen LogP contribution in [0.15, 0.2) is 12.4 Å². The quantitative estimate of drug-likeness (QED) is 0.620. The van der Waals surface area contributed by atoms with Gasteiger partial charge < -0.3 is 4.79 Å². The molecular formula is C8H9FN2O. The molecule has 0 unspecified atom stereocenters. The lowest BCUT2D eigenvalue weighted by molar-refractivity contribution is -0.119. The van der Waals surface area contributed by atoms with E-state index < -0.39 is 5.54 Å². The number of hydrogen-bond donors (Lipinski definition) is 0. The minimum Gasteiger partial charge on any atom is -0.301 e. The summed E-state index contributed by atoms with van der Waals surface area (Å²) in [6, 6.07) is 0. The molecule has 1 aliphatic carbocycles. The Balaban J connectivity index is 2.33. The number of hydrogen-bond acceptors (Lipinski definition) is 2. The lowest BCUT2D eigenvalue weighted by Crippen LogP contribution is -2.42. The lowest BCUT2D eigenvalue weighted by Gasteiger charge is -2.36. The molecule has 64 valence electrons. The zero-order chi connectivity index (χ0) is 8.60. The van der Waals surface area contributed by atoms with Gasteiger partial charge in [-0.2, -0.15) is 5.10 Å². The standard InChI is InChI=1S/C8H9FN2O/c9-7-4-10-11(5-7)8(6-12)2-1-3-8/h4-6H,1-3H2. The molecule has 4 heteroatoms. The Morgan fingerprint density at radius 2 is 2.42 bits per heavy atom. The van der Waals surface area contributed by atoms with E-state index in [2.05, 4.69) is 5.10 Å². The molecule has 0 amide bonds. The molecule has 1 saturated carbocycles. The Labute approximate surface area is 69.2 Å².